The summed E-state index contributed by atoms with van der Waals surface area (Å²) in [7, 11) is 11.6. The number of hydrogen-bond donors (Lipinski definition) is 0. The predicted molar refractivity (Wildman–Crippen MR) is 110 cm³/mol. The van der Waals surface area contributed by atoms with Gasteiger partial charge in [0, 0.05) is 0 Å². The molecular formula is C16H26Cl2N2ORuS2-2. The minimum absolute atomic E-state index is 0. The normalized spacial score (nSPS) is 15.4. The second kappa shape index (κ2) is 13.9. The van der Waals surface area contributed by atoms with Crippen LogP contribution < -0.4 is 4.74 Å². The summed E-state index contributed by atoms with van der Waals surface area (Å²) in [5.41, 5.74) is 0.991. The molecule has 1 saturated heterocycles. The maximum atomic E-state index is 5.82. The second-order valence-corrected chi connectivity index (χ2v) is 12.2. The summed E-state index contributed by atoms with van der Waals surface area (Å²) >= 11 is 1.78. The monoisotopic (exact) mass is 498 g/mol. The van der Waals surface area contributed by atoms with Gasteiger partial charge in [-0.1, -0.05) is 0 Å². The minimum Gasteiger partial charge on any atom is -0.386 e. The van der Waals surface area contributed by atoms with E-state index in [1.165, 1.54) is 0 Å². The van der Waals surface area contributed by atoms with Gasteiger partial charge in [-0.3, -0.25) is 0 Å². The first-order valence-corrected chi connectivity index (χ1v) is 14.9. The Hall–Kier alpha value is 0.713. The van der Waals surface area contributed by atoms with Crippen LogP contribution in [0.3, 0.4) is 0 Å². The van der Waals surface area contributed by atoms with Crippen molar-refractivity contribution in [1.82, 2.24) is 8.61 Å². The van der Waals surface area contributed by atoms with E-state index in [0.717, 1.165) is 24.4 Å². The van der Waals surface area contributed by atoms with Gasteiger partial charge in [0.15, 0.2) is 0 Å². The van der Waals surface area contributed by atoms with Crippen LogP contribution >= 0.6 is 43.3 Å². The molecule has 0 amide bonds. The number of benzene rings is 1. The van der Waals surface area contributed by atoms with E-state index in [2.05, 4.69) is 27.8 Å². The summed E-state index contributed by atoms with van der Waals surface area (Å²) in [4.78, 5) is 0. The molecule has 142 valence electrons. The molecule has 0 bridgehead atoms. The molecule has 24 heavy (non-hydrogen) atoms. The van der Waals surface area contributed by atoms with Crippen LogP contribution in [0.4, 0.5) is 0 Å². The van der Waals surface area contributed by atoms with Crippen LogP contribution in [0.15, 0.2) is 24.3 Å². The molecule has 1 aromatic carbocycles. The fourth-order valence-electron chi connectivity index (χ4n) is 1.74. The Kier molecular flexibility index (Phi) is 14.3. The second-order valence-electron chi connectivity index (χ2n) is 4.77. The van der Waals surface area contributed by atoms with Gasteiger partial charge in [-0.05, 0) is 25.6 Å². The number of hydrogen-bond acceptors (Lipinski definition) is 5. The van der Waals surface area contributed by atoms with Crippen molar-refractivity contribution in [2.24, 2.45) is 0 Å². The molecule has 0 radical (unpaired) electrons. The van der Waals surface area contributed by atoms with Crippen molar-refractivity contribution in [3.63, 3.8) is 0 Å². The molecule has 0 N–H and O–H groups in total. The van der Waals surface area contributed by atoms with Crippen LogP contribution in [0.25, 0.3) is 0 Å². The van der Waals surface area contributed by atoms with Crippen LogP contribution in [-0.4, -0.2) is 44.9 Å². The Morgan fingerprint density at radius 3 is 2.12 bits per heavy atom. The molecule has 0 aliphatic carbocycles. The first-order valence-electron chi connectivity index (χ1n) is 7.01. The maximum Gasteiger partial charge on any atom is -0.00595 e. The average Bonchev–Trinajstić information content (AvgIpc) is 2.97. The van der Waals surface area contributed by atoms with Gasteiger partial charge in [0.1, 0.15) is 0 Å². The van der Waals surface area contributed by atoms with Crippen molar-refractivity contribution in [2.45, 2.75) is 20.0 Å². The molecule has 0 aromatic heterocycles. The Balaban J connectivity index is 0.000000460. The number of ether oxygens (including phenoxy) is 1. The summed E-state index contributed by atoms with van der Waals surface area (Å²) in [6, 6.07) is 7.78. The quantitative estimate of drug-likeness (QED) is 0.311. The summed E-state index contributed by atoms with van der Waals surface area (Å²) in [6.07, 6.45) is 4.36. The molecule has 1 aromatic rings. The van der Waals surface area contributed by atoms with Gasteiger partial charge in [0.05, 0.1) is 0 Å². The Labute approximate surface area is 169 Å². The zero-order valence-corrected chi connectivity index (χ0v) is 19.6. The molecule has 3 nitrogen and oxygen atoms in total. The van der Waals surface area contributed by atoms with E-state index in [1.54, 1.807) is 23.9 Å². The topological polar surface area (TPSA) is 15.7 Å². The molecule has 0 atom stereocenters. The number of para-hydroxylation sites is 1. The Morgan fingerprint density at radius 2 is 1.71 bits per heavy atom. The van der Waals surface area contributed by atoms with Crippen molar-refractivity contribution in [3.05, 3.63) is 43.9 Å². The predicted octanol–water partition coefficient (Wildman–Crippen LogP) is 5.28. The molecule has 8 heteroatoms. The van der Waals surface area contributed by atoms with E-state index in [0.29, 0.717) is 0 Å². The van der Waals surface area contributed by atoms with Crippen molar-refractivity contribution in [3.8, 4) is 5.75 Å². The molecule has 2 rings (SSSR count). The first-order chi connectivity index (χ1) is 11.0. The van der Waals surface area contributed by atoms with E-state index in [1.807, 2.05) is 42.7 Å². The molecule has 0 spiro atoms. The van der Waals surface area contributed by atoms with Gasteiger partial charge in [0.25, 0.3) is 0 Å². The van der Waals surface area contributed by atoms with E-state index in [4.69, 9.17) is 24.1 Å². The summed E-state index contributed by atoms with van der Waals surface area (Å²) < 4.78 is 12.0. The first kappa shape index (κ1) is 24.7. The third kappa shape index (κ3) is 10.0. The van der Waals surface area contributed by atoms with Crippen molar-refractivity contribution in [2.75, 3.05) is 25.6 Å². The molecular weight excluding hydrogens is 472 g/mol. The van der Waals surface area contributed by atoms with Crippen molar-refractivity contribution >= 4 is 47.9 Å². The smallest absolute Gasteiger partial charge is 0.00595 e. The minimum atomic E-state index is -1.77. The van der Waals surface area contributed by atoms with E-state index in [9.17, 15) is 0 Å². The summed E-state index contributed by atoms with van der Waals surface area (Å²) in [5.74, 6) is 0.850. The van der Waals surface area contributed by atoms with Crippen molar-refractivity contribution < 1.29 is 18.3 Å². The maximum absolute atomic E-state index is 5.82. The van der Waals surface area contributed by atoms with Gasteiger partial charge < -0.3 is 16.0 Å². The number of nitrogens with zero attached hydrogens (tertiary/aromatic N) is 2. The number of rotatable bonds is 5. The summed E-state index contributed by atoms with van der Waals surface area (Å²) in [5, 5.41) is 0. The SMILES string of the molecule is CC(C)Oc1ccccc1[CH]=[Ru]([Cl])[Cl].CSN1[CH-]N(SC)CC1.[CH3-]. The molecule has 1 aliphatic heterocycles. The van der Waals surface area contributed by atoms with Gasteiger partial charge >= 0.3 is 97.8 Å². The van der Waals surface area contributed by atoms with E-state index in [-0.39, 0.29) is 13.5 Å². The molecule has 0 unspecified atom stereocenters. The van der Waals surface area contributed by atoms with Crippen molar-refractivity contribution in [1.29, 1.82) is 0 Å². The molecule has 1 fully saturated rings. The van der Waals surface area contributed by atoms with E-state index >= 15 is 0 Å². The van der Waals surface area contributed by atoms with Gasteiger partial charge in [-0.25, -0.2) is 0 Å². The van der Waals surface area contributed by atoms with Crippen LogP contribution in [0, 0.1) is 14.1 Å². The van der Waals surface area contributed by atoms with Gasteiger partial charge in [-0.15, -0.1) is 23.9 Å². The third-order valence-electron chi connectivity index (χ3n) is 2.74. The average molecular weight is 499 g/mol. The molecule has 0 saturated carbocycles. The third-order valence-corrected chi connectivity index (χ3v) is 6.06. The largest absolute Gasteiger partial charge is 0.386 e. The molecule has 1 aliphatic rings. The Morgan fingerprint density at radius 1 is 1.17 bits per heavy atom. The zero-order valence-electron chi connectivity index (χ0n) is 14.7. The van der Waals surface area contributed by atoms with Gasteiger partial charge in [-0.2, -0.15) is 6.67 Å². The van der Waals surface area contributed by atoms with Crippen LogP contribution in [0.2, 0.25) is 0 Å². The Bertz CT molecular complexity index is 493. The van der Waals surface area contributed by atoms with Crippen LogP contribution in [0.1, 0.15) is 19.4 Å². The summed E-state index contributed by atoms with van der Waals surface area (Å²) in [6.45, 7) is 8.44. The van der Waals surface area contributed by atoms with Crippen LogP contribution in [-0.2, 0) is 13.5 Å². The fraction of sp³-hybridized carbons (Fsp3) is 0.438. The van der Waals surface area contributed by atoms with Gasteiger partial charge in [0.2, 0.25) is 0 Å². The van der Waals surface area contributed by atoms with E-state index < -0.39 is 13.5 Å². The standard InChI is InChI=1S/C10H12O.C5H11N2S2.CH3.2ClH.Ru/c1-8(2)11-10-7-5-4-6-9(10)3;1-8-6-3-4-7(5-6)9-2;;;;/h3-8H,1-2H3;5H,3-4H2,1-2H3;1H3;2*1H;/q;2*-1;;;+2/p-2. The molecule has 1 heterocycles. The van der Waals surface area contributed by atoms with Crippen LogP contribution in [0.5, 0.6) is 5.75 Å². The number of halogens is 2. The zero-order chi connectivity index (χ0) is 17.2. The fourth-order valence-corrected chi connectivity index (χ4v) is 4.55.